The second-order valence-corrected chi connectivity index (χ2v) is 5.22. The predicted octanol–water partition coefficient (Wildman–Crippen LogP) is 3.30. The number of benzene rings is 1. The van der Waals surface area contributed by atoms with Crippen molar-refractivity contribution in [3.63, 3.8) is 0 Å². The quantitative estimate of drug-likeness (QED) is 0.485. The topological polar surface area (TPSA) is 46.9 Å². The first-order chi connectivity index (χ1) is 10.1. The first-order valence-electron chi connectivity index (χ1n) is 6.83. The van der Waals surface area contributed by atoms with Crippen LogP contribution in [-0.4, -0.2) is 21.9 Å². The molecule has 0 radical (unpaired) electrons. The zero-order valence-electron chi connectivity index (χ0n) is 11.9. The van der Waals surface area contributed by atoms with Gasteiger partial charge in [-0.1, -0.05) is 11.6 Å². The molecule has 0 saturated carbocycles. The van der Waals surface area contributed by atoms with Gasteiger partial charge in [0.2, 0.25) is 0 Å². The number of nitrogens with zero attached hydrogens (tertiary/aromatic N) is 2. The van der Waals surface area contributed by atoms with Crippen LogP contribution >= 0.6 is 11.6 Å². The number of carbonyl (C=O) groups excluding carboxylic acids is 1. The fourth-order valence-electron chi connectivity index (χ4n) is 1.91. The summed E-state index contributed by atoms with van der Waals surface area (Å²) in [6.45, 7) is 3.62. The molecule has 0 amide bonds. The maximum Gasteiger partial charge on any atom is 0.187 e. The highest BCUT2D eigenvalue weighted by Gasteiger charge is 2.02. The third-order valence-electron chi connectivity index (χ3n) is 3.03. The Labute approximate surface area is 129 Å². The van der Waals surface area contributed by atoms with Gasteiger partial charge in [0.15, 0.2) is 5.78 Å². The molecule has 0 aliphatic heterocycles. The van der Waals surface area contributed by atoms with Gasteiger partial charge < -0.3 is 9.88 Å². The normalized spacial score (nSPS) is 11.4. The Morgan fingerprint density at radius 3 is 2.81 bits per heavy atom. The van der Waals surface area contributed by atoms with E-state index in [2.05, 4.69) is 10.3 Å². The number of nitrogens with one attached hydrogen (secondary N) is 1. The van der Waals surface area contributed by atoms with Crippen molar-refractivity contribution >= 4 is 17.4 Å². The maximum atomic E-state index is 12.0. The van der Waals surface area contributed by atoms with Crippen molar-refractivity contribution < 1.29 is 4.79 Å². The van der Waals surface area contributed by atoms with Crippen LogP contribution in [-0.2, 0) is 6.54 Å². The Hall–Kier alpha value is -2.07. The van der Waals surface area contributed by atoms with Crippen LogP contribution in [0.15, 0.2) is 54.8 Å². The SMILES string of the molecule is CC(=CC(=O)c1ccc(Cl)cc1)NCCCn1ccnc1. The number of carbonyl (C=O) groups is 1. The summed E-state index contributed by atoms with van der Waals surface area (Å²) in [7, 11) is 0. The molecule has 5 heteroatoms. The van der Waals surface area contributed by atoms with E-state index in [0.717, 1.165) is 25.2 Å². The van der Waals surface area contributed by atoms with Crippen molar-refractivity contribution in [1.82, 2.24) is 14.9 Å². The number of allylic oxidation sites excluding steroid dienone is 2. The lowest BCUT2D eigenvalue weighted by atomic mass is 10.1. The Bertz CT molecular complexity index is 603. The summed E-state index contributed by atoms with van der Waals surface area (Å²) in [5.41, 5.74) is 1.50. The highest BCUT2D eigenvalue weighted by molar-refractivity contribution is 6.30. The summed E-state index contributed by atoms with van der Waals surface area (Å²) < 4.78 is 2.03. The fourth-order valence-corrected chi connectivity index (χ4v) is 2.04. The van der Waals surface area contributed by atoms with E-state index in [-0.39, 0.29) is 5.78 Å². The molecule has 1 N–H and O–H groups in total. The Morgan fingerprint density at radius 2 is 2.14 bits per heavy atom. The number of hydrogen-bond acceptors (Lipinski definition) is 3. The molecule has 2 aromatic rings. The van der Waals surface area contributed by atoms with Gasteiger partial charge in [-0.25, -0.2) is 4.98 Å². The molecule has 21 heavy (non-hydrogen) atoms. The smallest absolute Gasteiger partial charge is 0.187 e. The largest absolute Gasteiger partial charge is 0.388 e. The molecule has 1 heterocycles. The summed E-state index contributed by atoms with van der Waals surface area (Å²) in [4.78, 5) is 16.0. The average molecular weight is 304 g/mol. The summed E-state index contributed by atoms with van der Waals surface area (Å²) >= 11 is 5.80. The number of hydrogen-bond donors (Lipinski definition) is 1. The fraction of sp³-hybridized carbons (Fsp3) is 0.250. The van der Waals surface area contributed by atoms with Crippen LogP contribution in [0.5, 0.6) is 0 Å². The van der Waals surface area contributed by atoms with Crippen molar-refractivity contribution in [2.75, 3.05) is 6.54 Å². The molecule has 0 aliphatic carbocycles. The lowest BCUT2D eigenvalue weighted by molar-refractivity contribution is 0.104. The van der Waals surface area contributed by atoms with Crippen LogP contribution in [0.25, 0.3) is 0 Å². The van der Waals surface area contributed by atoms with Gasteiger partial charge >= 0.3 is 0 Å². The Balaban J connectivity index is 1.77. The first-order valence-corrected chi connectivity index (χ1v) is 7.21. The lowest BCUT2D eigenvalue weighted by Gasteiger charge is -2.07. The van der Waals surface area contributed by atoms with Crippen LogP contribution < -0.4 is 5.32 Å². The molecular weight excluding hydrogens is 286 g/mol. The summed E-state index contributed by atoms with van der Waals surface area (Å²) in [5.74, 6) is -0.0220. The Kier molecular flexibility index (Phi) is 5.58. The standard InChI is InChI=1S/C16H18ClN3O/c1-13(19-7-2-9-20-10-8-18-12-20)11-16(21)14-3-5-15(17)6-4-14/h3-6,8,10-12,19H,2,7,9H2,1H3. The van der Waals surface area contributed by atoms with Gasteiger partial charge in [-0.15, -0.1) is 0 Å². The van der Waals surface area contributed by atoms with Gasteiger partial charge in [0.25, 0.3) is 0 Å². The summed E-state index contributed by atoms with van der Waals surface area (Å²) in [5, 5.41) is 3.87. The molecule has 0 unspecified atom stereocenters. The minimum absolute atomic E-state index is 0.0220. The number of aryl methyl sites for hydroxylation is 1. The molecule has 0 bridgehead atoms. The molecule has 110 valence electrons. The number of aromatic nitrogens is 2. The van der Waals surface area contributed by atoms with Gasteiger partial charge in [0, 0.05) is 47.8 Å². The third kappa shape index (κ3) is 5.08. The van der Waals surface area contributed by atoms with E-state index in [9.17, 15) is 4.79 Å². The highest BCUT2D eigenvalue weighted by atomic mass is 35.5. The average Bonchev–Trinajstić information content (AvgIpc) is 2.97. The van der Waals surface area contributed by atoms with Crippen molar-refractivity contribution in [2.24, 2.45) is 0 Å². The van der Waals surface area contributed by atoms with Crippen LogP contribution in [0.4, 0.5) is 0 Å². The molecule has 0 atom stereocenters. The van der Waals surface area contributed by atoms with Crippen molar-refractivity contribution in [3.05, 3.63) is 65.3 Å². The van der Waals surface area contributed by atoms with Crippen LogP contribution in [0, 0.1) is 0 Å². The van der Waals surface area contributed by atoms with E-state index < -0.39 is 0 Å². The van der Waals surface area contributed by atoms with Gasteiger partial charge in [0.1, 0.15) is 0 Å². The molecule has 1 aromatic heterocycles. The zero-order chi connectivity index (χ0) is 15.1. The number of imidazole rings is 1. The minimum Gasteiger partial charge on any atom is -0.388 e. The minimum atomic E-state index is -0.0220. The molecule has 0 aliphatic rings. The number of ketones is 1. The van der Waals surface area contributed by atoms with E-state index in [1.165, 1.54) is 0 Å². The molecule has 0 fully saturated rings. The second-order valence-electron chi connectivity index (χ2n) is 4.78. The number of rotatable bonds is 7. The first kappa shape index (κ1) is 15.3. The monoisotopic (exact) mass is 303 g/mol. The maximum absolute atomic E-state index is 12.0. The van der Waals surface area contributed by atoms with E-state index in [0.29, 0.717) is 10.6 Å². The van der Waals surface area contributed by atoms with Crippen molar-refractivity contribution in [2.45, 2.75) is 19.9 Å². The van der Waals surface area contributed by atoms with Crippen molar-refractivity contribution in [3.8, 4) is 0 Å². The van der Waals surface area contributed by atoms with E-state index in [4.69, 9.17) is 11.6 Å². The summed E-state index contributed by atoms with van der Waals surface area (Å²) in [6.07, 6.45) is 8.08. The third-order valence-corrected chi connectivity index (χ3v) is 3.28. The second kappa shape index (κ2) is 7.64. The molecule has 1 aromatic carbocycles. The summed E-state index contributed by atoms with van der Waals surface area (Å²) in [6, 6.07) is 6.90. The molecule has 4 nitrogen and oxygen atoms in total. The Morgan fingerprint density at radius 1 is 1.38 bits per heavy atom. The van der Waals surface area contributed by atoms with Gasteiger partial charge in [-0.05, 0) is 37.6 Å². The van der Waals surface area contributed by atoms with Crippen LogP contribution in [0.3, 0.4) is 0 Å². The van der Waals surface area contributed by atoms with Crippen molar-refractivity contribution in [1.29, 1.82) is 0 Å². The highest BCUT2D eigenvalue weighted by Crippen LogP contribution is 2.10. The van der Waals surface area contributed by atoms with Gasteiger partial charge in [-0.2, -0.15) is 0 Å². The lowest BCUT2D eigenvalue weighted by Crippen LogP contribution is -2.15. The van der Waals surface area contributed by atoms with Gasteiger partial charge in [-0.3, -0.25) is 4.79 Å². The van der Waals surface area contributed by atoms with E-state index in [1.54, 1.807) is 42.9 Å². The van der Waals surface area contributed by atoms with E-state index >= 15 is 0 Å². The number of halogens is 1. The molecule has 2 rings (SSSR count). The van der Waals surface area contributed by atoms with Gasteiger partial charge in [0.05, 0.1) is 6.33 Å². The van der Waals surface area contributed by atoms with Crippen LogP contribution in [0.2, 0.25) is 5.02 Å². The molecule has 0 spiro atoms. The van der Waals surface area contributed by atoms with E-state index in [1.807, 2.05) is 17.7 Å². The molecule has 0 saturated heterocycles. The van der Waals surface area contributed by atoms with Crippen LogP contribution in [0.1, 0.15) is 23.7 Å². The predicted molar refractivity (Wildman–Crippen MR) is 84.4 cm³/mol. The molecular formula is C16H18ClN3O. The zero-order valence-corrected chi connectivity index (χ0v) is 12.7.